The quantitative estimate of drug-likeness (QED) is 0.119. The zero-order chi connectivity index (χ0) is 37.1. The number of hydrogen-bond acceptors (Lipinski definition) is 16. The third-order valence-corrected chi connectivity index (χ3v) is 9.11. The summed E-state index contributed by atoms with van der Waals surface area (Å²) in [5.41, 5.74) is 1.88. The van der Waals surface area contributed by atoms with Crippen LogP contribution in [0.1, 0.15) is 17.8 Å². The van der Waals surface area contributed by atoms with Gasteiger partial charge in [-0.05, 0) is 73.2 Å². The normalized spacial score (nSPS) is 17.2. The van der Waals surface area contributed by atoms with Gasteiger partial charge in [0.2, 0.25) is 11.6 Å². The molecule has 0 saturated carbocycles. The predicted molar refractivity (Wildman–Crippen MR) is 181 cm³/mol. The zero-order valence-electron chi connectivity index (χ0n) is 27.5. The smallest absolute Gasteiger partial charge is 0.201 e. The summed E-state index contributed by atoms with van der Waals surface area (Å²) in [5, 5.41) is 72.5. The maximum absolute atomic E-state index is 16.0. The lowest BCUT2D eigenvalue weighted by Gasteiger charge is -2.32. The summed E-state index contributed by atoms with van der Waals surface area (Å²) in [7, 11) is 0. The number of anilines is 1. The van der Waals surface area contributed by atoms with Crippen molar-refractivity contribution in [3.05, 3.63) is 77.0 Å². The van der Waals surface area contributed by atoms with E-state index in [1.807, 2.05) is 0 Å². The summed E-state index contributed by atoms with van der Waals surface area (Å²) in [6.07, 6.45) is 1.21. The second-order valence-electron chi connectivity index (χ2n) is 12.0. The van der Waals surface area contributed by atoms with Crippen LogP contribution in [0.5, 0.6) is 0 Å². The molecule has 0 bridgehead atoms. The van der Waals surface area contributed by atoms with Crippen molar-refractivity contribution in [3.8, 4) is 34.2 Å². The SMILES string of the molecule is OCC(CO)n1nnnc1-c1ccc(-c2ccc(N3C[C@H](Cn4cc(CF)nn4)OC3C(O)C(CO)n3nnnc3-c3ccc(Br)cn3)cc2F)cn1. The number of rotatable bonds is 14. The van der Waals surface area contributed by atoms with Gasteiger partial charge >= 0.3 is 0 Å². The first-order valence-corrected chi connectivity index (χ1v) is 16.9. The molecule has 5 aromatic heterocycles. The molecule has 3 unspecified atom stereocenters. The van der Waals surface area contributed by atoms with E-state index in [4.69, 9.17) is 4.74 Å². The number of aromatic nitrogens is 13. The first kappa shape index (κ1) is 36.1. The molecule has 1 aliphatic rings. The molecule has 1 aliphatic heterocycles. The second-order valence-corrected chi connectivity index (χ2v) is 12.9. The molecule has 22 heteroatoms. The summed E-state index contributed by atoms with van der Waals surface area (Å²) in [6, 6.07) is 9.26. The standard InChI is InChI=1S/C31H31BrF2N14O5/c32-18-2-6-26(36-10-18)30-39-41-44-48(30)27(16-51)28(52)31-46(13-22(53-31)12-45-11-19(8-33)37-42-45)20-3-4-23(24(34)7-20)17-1-5-25(35-9-17)29-38-40-43-47(29)21(14-49)15-50/h1-7,9-11,21-22,27-28,31,49-52H,8,12-16H2/t22-,27?,28?,31?/m0/s1. The van der Waals surface area contributed by atoms with Crippen molar-refractivity contribution >= 4 is 21.6 Å². The lowest BCUT2D eigenvalue weighted by atomic mass is 10.0. The third kappa shape index (κ3) is 7.36. The van der Waals surface area contributed by atoms with Crippen LogP contribution in [0.3, 0.4) is 0 Å². The number of benzene rings is 1. The number of aliphatic hydroxyl groups is 4. The van der Waals surface area contributed by atoms with E-state index in [2.05, 4.69) is 67.3 Å². The Morgan fingerprint density at radius 2 is 1.58 bits per heavy atom. The van der Waals surface area contributed by atoms with Crippen LogP contribution >= 0.6 is 15.9 Å². The van der Waals surface area contributed by atoms with E-state index < -0.39 is 62.8 Å². The van der Waals surface area contributed by atoms with Crippen LogP contribution in [-0.4, -0.2) is 131 Å². The number of nitrogens with zero attached hydrogens (tertiary/aromatic N) is 14. The monoisotopic (exact) mass is 796 g/mol. The van der Waals surface area contributed by atoms with Crippen LogP contribution in [-0.2, 0) is 18.0 Å². The molecule has 19 nitrogen and oxygen atoms in total. The van der Waals surface area contributed by atoms with E-state index >= 15 is 4.39 Å². The second kappa shape index (κ2) is 15.8. The fourth-order valence-electron chi connectivity index (χ4n) is 5.99. The average Bonchev–Trinajstić information content (AvgIpc) is 4.01. The molecule has 1 fully saturated rings. The van der Waals surface area contributed by atoms with Gasteiger partial charge in [0.25, 0.3) is 0 Å². The number of halogens is 3. The number of tetrazole rings is 2. The van der Waals surface area contributed by atoms with Crippen molar-refractivity contribution in [1.82, 2.24) is 65.4 Å². The van der Waals surface area contributed by atoms with E-state index in [-0.39, 0.29) is 36.0 Å². The fourth-order valence-corrected chi connectivity index (χ4v) is 6.22. The Labute approximate surface area is 306 Å². The molecule has 276 valence electrons. The third-order valence-electron chi connectivity index (χ3n) is 8.64. The molecular formula is C31H31BrF2N14O5. The van der Waals surface area contributed by atoms with Crippen molar-refractivity contribution < 1.29 is 33.9 Å². The van der Waals surface area contributed by atoms with Crippen molar-refractivity contribution in [2.24, 2.45) is 0 Å². The van der Waals surface area contributed by atoms with Gasteiger partial charge in [0.1, 0.15) is 47.8 Å². The van der Waals surface area contributed by atoms with Gasteiger partial charge in [-0.3, -0.25) is 9.97 Å². The van der Waals surface area contributed by atoms with Gasteiger partial charge in [-0.1, -0.05) is 11.3 Å². The molecule has 0 amide bonds. The summed E-state index contributed by atoms with van der Waals surface area (Å²) in [6.45, 7) is -1.90. The Morgan fingerprint density at radius 1 is 0.868 bits per heavy atom. The highest BCUT2D eigenvalue weighted by atomic mass is 79.9. The van der Waals surface area contributed by atoms with Crippen LogP contribution in [0.4, 0.5) is 14.5 Å². The van der Waals surface area contributed by atoms with Crippen LogP contribution < -0.4 is 4.90 Å². The van der Waals surface area contributed by atoms with Gasteiger partial charge in [-0.2, -0.15) is 0 Å². The van der Waals surface area contributed by atoms with E-state index in [1.54, 1.807) is 47.5 Å². The van der Waals surface area contributed by atoms with Gasteiger partial charge in [0.05, 0.1) is 38.7 Å². The highest BCUT2D eigenvalue weighted by Crippen LogP contribution is 2.34. The Balaban J connectivity index is 1.17. The summed E-state index contributed by atoms with van der Waals surface area (Å²) in [5.74, 6) is -0.208. The minimum Gasteiger partial charge on any atom is -0.394 e. The highest BCUT2D eigenvalue weighted by Gasteiger charge is 2.43. The van der Waals surface area contributed by atoms with Crippen molar-refractivity contribution in [1.29, 1.82) is 0 Å². The lowest BCUT2D eigenvalue weighted by molar-refractivity contribution is -0.0672. The lowest BCUT2D eigenvalue weighted by Crippen LogP contribution is -2.46. The maximum atomic E-state index is 16.0. The van der Waals surface area contributed by atoms with Gasteiger partial charge in [0.15, 0.2) is 6.23 Å². The molecule has 0 spiro atoms. The number of pyridine rings is 2. The number of ether oxygens (including phenoxy) is 1. The van der Waals surface area contributed by atoms with Crippen molar-refractivity contribution in [2.45, 2.75) is 43.7 Å². The Kier molecular flexibility index (Phi) is 10.7. The molecule has 1 aromatic carbocycles. The molecule has 0 aliphatic carbocycles. The van der Waals surface area contributed by atoms with Crippen LogP contribution in [0.15, 0.2) is 65.5 Å². The Morgan fingerprint density at radius 3 is 2.21 bits per heavy atom. The minimum absolute atomic E-state index is 0.134. The molecule has 6 aromatic rings. The van der Waals surface area contributed by atoms with Gasteiger partial charge in [-0.25, -0.2) is 22.8 Å². The fraction of sp³-hybridized carbons (Fsp3) is 0.355. The predicted octanol–water partition coefficient (Wildman–Crippen LogP) is 0.765. The number of alkyl halides is 1. The molecule has 0 radical (unpaired) electrons. The van der Waals surface area contributed by atoms with E-state index in [1.165, 1.54) is 32.5 Å². The van der Waals surface area contributed by atoms with Gasteiger partial charge < -0.3 is 30.1 Å². The average molecular weight is 798 g/mol. The summed E-state index contributed by atoms with van der Waals surface area (Å²) < 4.78 is 40.1. The van der Waals surface area contributed by atoms with Crippen LogP contribution in [0, 0.1) is 5.82 Å². The molecule has 4 atom stereocenters. The topological polar surface area (TPSA) is 237 Å². The first-order valence-electron chi connectivity index (χ1n) is 16.1. The summed E-state index contributed by atoms with van der Waals surface area (Å²) >= 11 is 3.34. The Hall–Kier alpha value is -5.26. The maximum Gasteiger partial charge on any atom is 0.201 e. The number of aliphatic hydroxyl groups excluding tert-OH is 4. The molecule has 53 heavy (non-hydrogen) atoms. The molecule has 6 heterocycles. The van der Waals surface area contributed by atoms with Crippen molar-refractivity contribution in [3.63, 3.8) is 0 Å². The highest BCUT2D eigenvalue weighted by molar-refractivity contribution is 9.10. The molecule has 1 saturated heterocycles. The van der Waals surface area contributed by atoms with Crippen LogP contribution in [0.25, 0.3) is 34.2 Å². The van der Waals surface area contributed by atoms with Gasteiger partial charge in [0, 0.05) is 40.2 Å². The zero-order valence-corrected chi connectivity index (χ0v) is 29.1. The van der Waals surface area contributed by atoms with Gasteiger partial charge in [-0.15, -0.1) is 15.3 Å². The Bertz CT molecular complexity index is 2130. The number of hydrogen-bond donors (Lipinski definition) is 4. The van der Waals surface area contributed by atoms with E-state index in [0.29, 0.717) is 22.6 Å². The van der Waals surface area contributed by atoms with Crippen LogP contribution in [0.2, 0.25) is 0 Å². The van der Waals surface area contributed by atoms with Crippen molar-refractivity contribution in [2.75, 3.05) is 31.3 Å². The molecule has 7 rings (SSSR count). The largest absolute Gasteiger partial charge is 0.394 e. The summed E-state index contributed by atoms with van der Waals surface area (Å²) in [4.78, 5) is 10.4. The first-order chi connectivity index (χ1) is 25.8. The van der Waals surface area contributed by atoms with E-state index in [9.17, 15) is 24.8 Å². The minimum atomic E-state index is -1.47. The molecular weight excluding hydrogens is 766 g/mol. The molecule has 4 N–H and O–H groups in total. The van der Waals surface area contributed by atoms with E-state index in [0.717, 1.165) is 4.47 Å².